The maximum Gasteiger partial charge on any atom is 0.163 e. The average Bonchev–Trinajstić information content (AvgIpc) is 3.14. The van der Waals surface area contributed by atoms with Crippen molar-refractivity contribution in [1.29, 1.82) is 0 Å². The molecule has 30 heavy (non-hydrogen) atoms. The number of nitrogens with zero attached hydrogens (tertiary/aromatic N) is 1. The van der Waals surface area contributed by atoms with Crippen LogP contribution >= 0.6 is 0 Å². The molecule has 3 fully saturated rings. The molecular formula is C25H31NO4. The highest BCUT2D eigenvalue weighted by atomic mass is 16.8. The number of likely N-dealkylation sites (tertiary alicyclic amines) is 1. The molecule has 0 radical (unpaired) electrons. The molecule has 0 unspecified atom stereocenters. The van der Waals surface area contributed by atoms with Gasteiger partial charge in [-0.05, 0) is 38.8 Å². The molecule has 0 bridgehead atoms. The van der Waals surface area contributed by atoms with Crippen molar-refractivity contribution in [2.24, 2.45) is 0 Å². The standard InChI is InChI=1S/C25H31NO4/c1-24(2)27-19-15-26(16-20-23(22(19)29-24)30-25(3,4)28-20)21(17-11-7-5-8-12-17)18-13-9-6-10-14-18/h5-14,19-23H,15-16H2,1-4H3/t19-,20-,22-,23-/m0/s1. The molecule has 0 amide bonds. The Bertz CT molecular complexity index is 798. The van der Waals surface area contributed by atoms with Crippen LogP contribution in [-0.4, -0.2) is 54.0 Å². The maximum absolute atomic E-state index is 6.36. The number of ether oxygens (including phenoxy) is 4. The molecule has 3 aliphatic heterocycles. The highest BCUT2D eigenvalue weighted by Crippen LogP contribution is 2.43. The minimum Gasteiger partial charge on any atom is -0.343 e. The summed E-state index contributed by atoms with van der Waals surface area (Å²) in [5, 5.41) is 0. The van der Waals surface area contributed by atoms with E-state index < -0.39 is 11.6 Å². The summed E-state index contributed by atoms with van der Waals surface area (Å²) in [5.41, 5.74) is 2.52. The lowest BCUT2D eigenvalue weighted by molar-refractivity contribution is -0.175. The third kappa shape index (κ3) is 3.81. The second kappa shape index (κ2) is 7.43. The van der Waals surface area contributed by atoms with Crippen molar-refractivity contribution in [3.05, 3.63) is 71.8 Å². The zero-order valence-electron chi connectivity index (χ0n) is 18.2. The Kier molecular flexibility index (Phi) is 4.99. The number of benzene rings is 2. The molecule has 3 saturated heterocycles. The molecule has 5 nitrogen and oxygen atoms in total. The van der Waals surface area contributed by atoms with Gasteiger partial charge in [0.2, 0.25) is 0 Å². The summed E-state index contributed by atoms with van der Waals surface area (Å²) in [7, 11) is 0. The van der Waals surface area contributed by atoms with Crippen molar-refractivity contribution < 1.29 is 18.9 Å². The molecular weight excluding hydrogens is 378 g/mol. The summed E-state index contributed by atoms with van der Waals surface area (Å²) in [6.07, 6.45) is -0.460. The van der Waals surface area contributed by atoms with Gasteiger partial charge in [0.05, 0.1) is 6.04 Å². The van der Waals surface area contributed by atoms with Crippen LogP contribution < -0.4 is 0 Å². The molecule has 0 saturated carbocycles. The molecule has 3 heterocycles. The fraction of sp³-hybridized carbons (Fsp3) is 0.520. The van der Waals surface area contributed by atoms with E-state index in [-0.39, 0.29) is 30.5 Å². The van der Waals surface area contributed by atoms with Gasteiger partial charge in [-0.15, -0.1) is 0 Å². The predicted octanol–water partition coefficient (Wildman–Crippen LogP) is 4.13. The van der Waals surface area contributed by atoms with Crippen LogP contribution in [0.15, 0.2) is 60.7 Å². The first-order chi connectivity index (χ1) is 14.3. The van der Waals surface area contributed by atoms with Gasteiger partial charge in [-0.25, -0.2) is 0 Å². The zero-order valence-corrected chi connectivity index (χ0v) is 18.2. The summed E-state index contributed by atoms with van der Waals surface area (Å²) < 4.78 is 25.4. The van der Waals surface area contributed by atoms with Crippen LogP contribution in [0.3, 0.4) is 0 Å². The molecule has 0 aromatic heterocycles. The fourth-order valence-corrected chi connectivity index (χ4v) is 5.20. The molecule has 5 heteroatoms. The Labute approximate surface area is 178 Å². The SMILES string of the molecule is CC1(C)O[C@@H]2[C@H]3OC(C)(C)O[C@H]3CN(C(c3ccccc3)c3ccccc3)C[C@@H]2O1. The molecule has 4 atom stereocenters. The topological polar surface area (TPSA) is 40.2 Å². The summed E-state index contributed by atoms with van der Waals surface area (Å²) in [4.78, 5) is 2.47. The van der Waals surface area contributed by atoms with Gasteiger partial charge in [-0.2, -0.15) is 0 Å². The Morgan fingerprint density at radius 2 is 1.07 bits per heavy atom. The molecule has 160 valence electrons. The quantitative estimate of drug-likeness (QED) is 0.762. The number of fused-ring (bicyclic) bond motifs is 3. The van der Waals surface area contributed by atoms with E-state index in [1.807, 2.05) is 27.7 Å². The number of hydrogen-bond acceptors (Lipinski definition) is 5. The molecule has 0 spiro atoms. The summed E-state index contributed by atoms with van der Waals surface area (Å²) in [5.74, 6) is -1.26. The Morgan fingerprint density at radius 1 is 0.667 bits per heavy atom. The largest absolute Gasteiger partial charge is 0.343 e. The lowest BCUT2D eigenvalue weighted by Gasteiger charge is -2.34. The van der Waals surface area contributed by atoms with E-state index >= 15 is 0 Å². The highest BCUT2D eigenvalue weighted by molar-refractivity contribution is 5.32. The van der Waals surface area contributed by atoms with Crippen LogP contribution in [0.5, 0.6) is 0 Å². The Hall–Kier alpha value is -1.76. The van der Waals surface area contributed by atoms with Crippen LogP contribution in [0.4, 0.5) is 0 Å². The van der Waals surface area contributed by atoms with E-state index in [4.69, 9.17) is 18.9 Å². The first kappa shape index (κ1) is 20.2. The Morgan fingerprint density at radius 3 is 1.47 bits per heavy atom. The van der Waals surface area contributed by atoms with Crippen LogP contribution in [0.1, 0.15) is 44.9 Å². The molecule has 3 aliphatic rings. The predicted molar refractivity (Wildman–Crippen MR) is 114 cm³/mol. The molecule has 0 aliphatic carbocycles. The van der Waals surface area contributed by atoms with E-state index in [0.29, 0.717) is 0 Å². The van der Waals surface area contributed by atoms with Crippen LogP contribution in [0.25, 0.3) is 0 Å². The second-order valence-electron chi connectivity index (χ2n) is 9.46. The molecule has 5 rings (SSSR count). The highest BCUT2D eigenvalue weighted by Gasteiger charge is 2.56. The third-order valence-electron chi connectivity index (χ3n) is 6.19. The van der Waals surface area contributed by atoms with Gasteiger partial charge in [0, 0.05) is 13.1 Å². The maximum atomic E-state index is 6.36. The monoisotopic (exact) mass is 409 g/mol. The van der Waals surface area contributed by atoms with Crippen molar-refractivity contribution in [3.8, 4) is 0 Å². The molecule has 2 aromatic rings. The van der Waals surface area contributed by atoms with Crippen molar-refractivity contribution in [3.63, 3.8) is 0 Å². The van der Waals surface area contributed by atoms with Crippen LogP contribution in [0.2, 0.25) is 0 Å². The zero-order chi connectivity index (χ0) is 20.9. The smallest absolute Gasteiger partial charge is 0.163 e. The van der Waals surface area contributed by atoms with Crippen LogP contribution in [-0.2, 0) is 18.9 Å². The number of hydrogen-bond donors (Lipinski definition) is 0. The minimum absolute atomic E-state index is 0.0811. The number of rotatable bonds is 3. The van der Waals surface area contributed by atoms with Crippen molar-refractivity contribution in [2.75, 3.05) is 13.1 Å². The van der Waals surface area contributed by atoms with Gasteiger partial charge in [0.25, 0.3) is 0 Å². The lowest BCUT2D eigenvalue weighted by atomic mass is 9.96. The van der Waals surface area contributed by atoms with E-state index in [9.17, 15) is 0 Å². The minimum atomic E-state index is -0.631. The van der Waals surface area contributed by atoms with E-state index in [1.165, 1.54) is 11.1 Å². The summed E-state index contributed by atoms with van der Waals surface area (Å²) in [6.45, 7) is 9.43. The van der Waals surface area contributed by atoms with Gasteiger partial charge in [-0.1, -0.05) is 60.7 Å². The average molecular weight is 410 g/mol. The lowest BCUT2D eigenvalue weighted by Crippen LogP contribution is -2.41. The van der Waals surface area contributed by atoms with Crippen molar-refractivity contribution >= 4 is 0 Å². The first-order valence-electron chi connectivity index (χ1n) is 10.9. The van der Waals surface area contributed by atoms with Crippen molar-refractivity contribution in [2.45, 2.75) is 69.7 Å². The van der Waals surface area contributed by atoms with Gasteiger partial charge in [0.1, 0.15) is 24.4 Å². The van der Waals surface area contributed by atoms with Gasteiger partial charge in [-0.3, -0.25) is 4.90 Å². The van der Waals surface area contributed by atoms with E-state index in [1.54, 1.807) is 0 Å². The van der Waals surface area contributed by atoms with Gasteiger partial charge >= 0.3 is 0 Å². The normalized spacial score (nSPS) is 32.6. The summed E-state index contributed by atoms with van der Waals surface area (Å²) in [6, 6.07) is 21.4. The second-order valence-corrected chi connectivity index (χ2v) is 9.46. The molecule has 0 N–H and O–H groups in total. The third-order valence-corrected chi connectivity index (χ3v) is 6.19. The van der Waals surface area contributed by atoms with Crippen molar-refractivity contribution in [1.82, 2.24) is 4.90 Å². The summed E-state index contributed by atoms with van der Waals surface area (Å²) >= 11 is 0. The van der Waals surface area contributed by atoms with E-state index in [0.717, 1.165) is 13.1 Å². The Balaban J connectivity index is 1.55. The first-order valence-corrected chi connectivity index (χ1v) is 10.9. The molecule has 2 aromatic carbocycles. The van der Waals surface area contributed by atoms with Gasteiger partial charge < -0.3 is 18.9 Å². The van der Waals surface area contributed by atoms with Gasteiger partial charge in [0.15, 0.2) is 11.6 Å². The van der Waals surface area contributed by atoms with E-state index in [2.05, 4.69) is 65.6 Å². The van der Waals surface area contributed by atoms with Crippen LogP contribution in [0, 0.1) is 0 Å². The fourth-order valence-electron chi connectivity index (χ4n) is 5.20.